The molecule has 0 saturated heterocycles. The van der Waals surface area contributed by atoms with Crippen molar-refractivity contribution < 1.29 is 0 Å². The molecule has 0 aliphatic heterocycles. The highest BCUT2D eigenvalue weighted by atomic mass is 127. The summed E-state index contributed by atoms with van der Waals surface area (Å²) in [6.07, 6.45) is 0. The van der Waals surface area contributed by atoms with Gasteiger partial charge in [-0.1, -0.05) is 30.3 Å². The summed E-state index contributed by atoms with van der Waals surface area (Å²) in [5.74, 6) is 1.29. The van der Waals surface area contributed by atoms with Gasteiger partial charge in [-0.25, -0.2) is 9.97 Å². The lowest BCUT2D eigenvalue weighted by atomic mass is 10.1. The molecule has 0 spiro atoms. The zero-order valence-electron chi connectivity index (χ0n) is 10.4. The third kappa shape index (κ3) is 2.97. The molecule has 0 amide bonds. The Bertz CT molecular complexity index is 540. The van der Waals surface area contributed by atoms with Crippen molar-refractivity contribution in [3.63, 3.8) is 0 Å². The van der Waals surface area contributed by atoms with E-state index in [9.17, 15) is 0 Å². The number of hydrogen-bond donors (Lipinski definition) is 1. The molecule has 1 aromatic carbocycles. The zero-order chi connectivity index (χ0) is 13.1. The summed E-state index contributed by atoms with van der Waals surface area (Å²) in [5, 5.41) is 0. The smallest absolute Gasteiger partial charge is 0.145 e. The van der Waals surface area contributed by atoms with Crippen molar-refractivity contribution in [3.8, 4) is 11.3 Å². The molecule has 1 heterocycles. The molecular formula is C13H15IN4. The normalized spacial score (nSPS) is 10.9. The second kappa shape index (κ2) is 5.62. The van der Waals surface area contributed by atoms with Gasteiger partial charge < -0.3 is 10.6 Å². The SMILES string of the molecule is CN(C)Cc1nc(N)c(I)c(-c2ccccc2)n1. The molecule has 1 aromatic heterocycles. The molecule has 0 saturated carbocycles. The van der Waals surface area contributed by atoms with Gasteiger partial charge in [0.2, 0.25) is 0 Å². The molecule has 2 aromatic rings. The number of nitrogen functional groups attached to an aromatic ring is 1. The van der Waals surface area contributed by atoms with E-state index in [0.717, 1.165) is 20.7 Å². The molecule has 2 N–H and O–H groups in total. The minimum Gasteiger partial charge on any atom is -0.383 e. The first-order valence-corrected chi connectivity index (χ1v) is 6.68. The van der Waals surface area contributed by atoms with Gasteiger partial charge in [-0.2, -0.15) is 0 Å². The molecule has 0 fully saturated rings. The third-order valence-electron chi connectivity index (χ3n) is 2.43. The van der Waals surface area contributed by atoms with Gasteiger partial charge in [0, 0.05) is 5.56 Å². The summed E-state index contributed by atoms with van der Waals surface area (Å²) in [5.41, 5.74) is 7.93. The summed E-state index contributed by atoms with van der Waals surface area (Å²) < 4.78 is 0.904. The molecule has 94 valence electrons. The number of hydrogen-bond acceptors (Lipinski definition) is 4. The summed E-state index contributed by atoms with van der Waals surface area (Å²) in [6, 6.07) is 10.0. The molecule has 18 heavy (non-hydrogen) atoms. The highest BCUT2D eigenvalue weighted by molar-refractivity contribution is 14.1. The minimum atomic E-state index is 0.543. The van der Waals surface area contributed by atoms with Crippen LogP contribution in [0.25, 0.3) is 11.3 Å². The predicted molar refractivity (Wildman–Crippen MR) is 82.0 cm³/mol. The van der Waals surface area contributed by atoms with Gasteiger partial charge in [0.15, 0.2) is 0 Å². The Morgan fingerprint density at radius 1 is 1.17 bits per heavy atom. The van der Waals surface area contributed by atoms with Gasteiger partial charge in [0.25, 0.3) is 0 Å². The largest absolute Gasteiger partial charge is 0.383 e. The maximum atomic E-state index is 5.96. The van der Waals surface area contributed by atoms with Crippen LogP contribution in [0.2, 0.25) is 0 Å². The highest BCUT2D eigenvalue weighted by Gasteiger charge is 2.12. The van der Waals surface area contributed by atoms with Crippen molar-refractivity contribution in [2.75, 3.05) is 19.8 Å². The van der Waals surface area contributed by atoms with Crippen molar-refractivity contribution in [2.24, 2.45) is 0 Å². The monoisotopic (exact) mass is 354 g/mol. The van der Waals surface area contributed by atoms with Crippen LogP contribution in [0.3, 0.4) is 0 Å². The Kier molecular flexibility index (Phi) is 4.13. The van der Waals surface area contributed by atoms with Gasteiger partial charge in [-0.15, -0.1) is 0 Å². The number of nitrogens with two attached hydrogens (primary N) is 1. The van der Waals surface area contributed by atoms with Crippen LogP contribution in [0, 0.1) is 3.57 Å². The first-order chi connectivity index (χ1) is 8.58. The summed E-state index contributed by atoms with van der Waals surface area (Å²) in [4.78, 5) is 10.9. The van der Waals surface area contributed by atoms with E-state index in [0.29, 0.717) is 12.4 Å². The van der Waals surface area contributed by atoms with E-state index in [2.05, 4.69) is 32.6 Å². The fourth-order valence-electron chi connectivity index (χ4n) is 1.65. The molecule has 4 nitrogen and oxygen atoms in total. The van der Waals surface area contributed by atoms with E-state index in [4.69, 9.17) is 5.73 Å². The molecule has 0 radical (unpaired) electrons. The van der Waals surface area contributed by atoms with Crippen molar-refractivity contribution in [1.82, 2.24) is 14.9 Å². The van der Waals surface area contributed by atoms with Crippen LogP contribution in [0.1, 0.15) is 5.82 Å². The van der Waals surface area contributed by atoms with Crippen LogP contribution in [0.15, 0.2) is 30.3 Å². The lowest BCUT2D eigenvalue weighted by Crippen LogP contribution is -2.15. The number of halogens is 1. The van der Waals surface area contributed by atoms with Gasteiger partial charge in [0.05, 0.1) is 15.8 Å². The van der Waals surface area contributed by atoms with E-state index < -0.39 is 0 Å². The van der Waals surface area contributed by atoms with Gasteiger partial charge in [-0.05, 0) is 36.7 Å². The Morgan fingerprint density at radius 3 is 2.44 bits per heavy atom. The second-order valence-corrected chi connectivity index (χ2v) is 5.37. The Labute approximate surface area is 120 Å². The van der Waals surface area contributed by atoms with Crippen LogP contribution in [-0.2, 0) is 6.54 Å². The lowest BCUT2D eigenvalue weighted by Gasteiger charge is -2.12. The first-order valence-electron chi connectivity index (χ1n) is 5.60. The first kappa shape index (κ1) is 13.2. The number of benzene rings is 1. The molecule has 0 aliphatic carbocycles. The molecule has 0 unspecified atom stereocenters. The van der Waals surface area contributed by atoms with E-state index in [-0.39, 0.29) is 0 Å². The average molecular weight is 354 g/mol. The number of rotatable bonds is 3. The van der Waals surface area contributed by atoms with Crippen molar-refractivity contribution >= 4 is 28.4 Å². The van der Waals surface area contributed by atoms with Crippen LogP contribution in [0.4, 0.5) is 5.82 Å². The molecule has 0 atom stereocenters. The van der Waals surface area contributed by atoms with Crippen LogP contribution < -0.4 is 5.73 Å². The maximum Gasteiger partial charge on any atom is 0.145 e. The van der Waals surface area contributed by atoms with E-state index in [1.165, 1.54) is 0 Å². The lowest BCUT2D eigenvalue weighted by molar-refractivity contribution is 0.390. The third-order valence-corrected chi connectivity index (χ3v) is 3.49. The topological polar surface area (TPSA) is 55.0 Å². The quantitative estimate of drug-likeness (QED) is 0.860. The van der Waals surface area contributed by atoms with Crippen LogP contribution in [0.5, 0.6) is 0 Å². The fourth-order valence-corrected chi connectivity index (χ4v) is 2.21. The summed E-state index contributed by atoms with van der Waals surface area (Å²) in [7, 11) is 3.97. The van der Waals surface area contributed by atoms with E-state index in [1.807, 2.05) is 49.3 Å². The standard InChI is InChI=1S/C13H15IN4/c1-18(2)8-10-16-12(11(14)13(15)17-10)9-6-4-3-5-7-9/h3-7H,8H2,1-2H3,(H2,15,16,17). The Morgan fingerprint density at radius 2 is 1.83 bits per heavy atom. The van der Waals surface area contributed by atoms with Crippen molar-refractivity contribution in [2.45, 2.75) is 6.54 Å². The summed E-state index contributed by atoms with van der Waals surface area (Å²) >= 11 is 2.20. The van der Waals surface area contributed by atoms with Gasteiger partial charge in [-0.3, -0.25) is 0 Å². The van der Waals surface area contributed by atoms with E-state index >= 15 is 0 Å². The molecule has 2 rings (SSSR count). The summed E-state index contributed by atoms with van der Waals surface area (Å²) in [6.45, 7) is 0.682. The van der Waals surface area contributed by atoms with Crippen molar-refractivity contribution in [3.05, 3.63) is 39.7 Å². The van der Waals surface area contributed by atoms with Crippen LogP contribution in [-0.4, -0.2) is 29.0 Å². The van der Waals surface area contributed by atoms with Gasteiger partial charge in [0.1, 0.15) is 11.6 Å². The van der Waals surface area contributed by atoms with Crippen LogP contribution >= 0.6 is 22.6 Å². The molecule has 0 aliphatic rings. The van der Waals surface area contributed by atoms with Crippen molar-refractivity contribution in [1.29, 1.82) is 0 Å². The second-order valence-electron chi connectivity index (χ2n) is 4.29. The highest BCUT2D eigenvalue weighted by Crippen LogP contribution is 2.26. The zero-order valence-corrected chi connectivity index (χ0v) is 12.5. The number of anilines is 1. The Balaban J connectivity index is 2.49. The number of aromatic nitrogens is 2. The fraction of sp³-hybridized carbons (Fsp3) is 0.231. The molecular weight excluding hydrogens is 339 g/mol. The van der Waals surface area contributed by atoms with E-state index in [1.54, 1.807) is 0 Å². The maximum absolute atomic E-state index is 5.96. The number of nitrogens with zero attached hydrogens (tertiary/aromatic N) is 3. The Hall–Kier alpha value is -1.21. The van der Waals surface area contributed by atoms with Gasteiger partial charge >= 0.3 is 0 Å². The molecule has 0 bridgehead atoms. The predicted octanol–water partition coefficient (Wildman–Crippen LogP) is 2.39. The average Bonchev–Trinajstić information content (AvgIpc) is 2.34. The molecule has 5 heteroatoms. The minimum absolute atomic E-state index is 0.543.